The van der Waals surface area contributed by atoms with Crippen molar-refractivity contribution in [2.75, 3.05) is 29.8 Å². The Labute approximate surface area is 205 Å². The molecule has 1 saturated heterocycles. The fraction of sp³-hybridized carbons (Fsp3) is 0.583. The second kappa shape index (κ2) is 9.42. The minimum Gasteiger partial charge on any atom is -0.307 e. The third-order valence-corrected chi connectivity index (χ3v) is 8.91. The van der Waals surface area contributed by atoms with Crippen molar-refractivity contribution in [1.82, 2.24) is 19.4 Å². The van der Waals surface area contributed by atoms with Gasteiger partial charge in [0.15, 0.2) is 0 Å². The Kier molecular flexibility index (Phi) is 6.47. The summed E-state index contributed by atoms with van der Waals surface area (Å²) in [5, 5.41) is 6.98. The highest BCUT2D eigenvalue weighted by Crippen LogP contribution is 2.38. The van der Waals surface area contributed by atoms with Crippen LogP contribution in [0.4, 0.5) is 20.6 Å². The number of hydrogen-bond acceptors (Lipinski definition) is 5. The number of anilines is 2. The predicted octanol–water partition coefficient (Wildman–Crippen LogP) is 2.70. The molecule has 0 bridgehead atoms. The monoisotopic (exact) mass is 504 g/mol. The number of aryl methyl sites for hydroxylation is 3. The lowest BCUT2D eigenvalue weighted by Crippen LogP contribution is -2.52. The maximum Gasteiger partial charge on any atom is 0.334 e. The molecule has 5 rings (SSSR count). The fourth-order valence-electron chi connectivity index (χ4n) is 5.68. The number of alkyl halides is 1. The number of amides is 2. The number of urea groups is 1. The Bertz CT molecular complexity index is 1200. The Hall–Kier alpha value is -2.66. The van der Waals surface area contributed by atoms with Gasteiger partial charge in [0.2, 0.25) is 0 Å². The van der Waals surface area contributed by atoms with Crippen molar-refractivity contribution in [3.05, 3.63) is 40.7 Å². The summed E-state index contributed by atoms with van der Waals surface area (Å²) in [6.45, 7) is 0.562. The van der Waals surface area contributed by atoms with Crippen LogP contribution >= 0.6 is 0 Å². The Morgan fingerprint density at radius 2 is 1.86 bits per heavy atom. The van der Waals surface area contributed by atoms with Gasteiger partial charge < -0.3 is 10.2 Å². The molecule has 0 radical (unpaired) electrons. The largest absolute Gasteiger partial charge is 0.334 e. The zero-order valence-corrected chi connectivity index (χ0v) is 21.1. The van der Waals surface area contributed by atoms with Crippen LogP contribution in [0.15, 0.2) is 18.5 Å². The molecule has 1 fully saturated rings. The van der Waals surface area contributed by atoms with Crippen molar-refractivity contribution in [1.29, 1.82) is 0 Å². The van der Waals surface area contributed by atoms with E-state index in [2.05, 4.69) is 21.2 Å². The van der Waals surface area contributed by atoms with Gasteiger partial charge in [-0.25, -0.2) is 18.2 Å². The normalized spacial score (nSPS) is 22.0. The van der Waals surface area contributed by atoms with Crippen LogP contribution < -0.4 is 14.3 Å². The number of carbonyl (C=O) groups is 1. The van der Waals surface area contributed by atoms with Crippen LogP contribution in [0.25, 0.3) is 0 Å². The SMILES string of the molecule is CN1CCC(F)CC1CN(c1cnn(C)c1)S(=O)(=O)NC(=O)Nc1c2c(cc3c1CCC3)CCC2. The summed E-state index contributed by atoms with van der Waals surface area (Å²) in [6.07, 6.45) is 8.49. The van der Waals surface area contributed by atoms with Crippen molar-refractivity contribution in [2.45, 2.75) is 63.6 Å². The summed E-state index contributed by atoms with van der Waals surface area (Å²) < 4.78 is 45.9. The molecule has 2 unspecified atom stereocenters. The Balaban J connectivity index is 1.38. The number of nitrogens with zero attached hydrogens (tertiary/aromatic N) is 4. The minimum absolute atomic E-state index is 0.0152. The van der Waals surface area contributed by atoms with Crippen molar-refractivity contribution >= 4 is 27.6 Å². The molecule has 0 spiro atoms. The first-order valence-electron chi connectivity index (χ1n) is 12.3. The quantitative estimate of drug-likeness (QED) is 0.630. The lowest BCUT2D eigenvalue weighted by molar-refractivity contribution is 0.118. The van der Waals surface area contributed by atoms with Crippen LogP contribution in [-0.4, -0.2) is 61.5 Å². The van der Waals surface area contributed by atoms with Crippen molar-refractivity contribution in [3.63, 3.8) is 0 Å². The van der Waals surface area contributed by atoms with E-state index in [9.17, 15) is 17.6 Å². The second-order valence-electron chi connectivity index (χ2n) is 9.95. The van der Waals surface area contributed by atoms with Gasteiger partial charge in [-0.15, -0.1) is 0 Å². The molecule has 2 amide bonds. The van der Waals surface area contributed by atoms with Crippen LogP contribution in [0.3, 0.4) is 0 Å². The van der Waals surface area contributed by atoms with E-state index in [1.54, 1.807) is 13.2 Å². The van der Waals surface area contributed by atoms with Crippen molar-refractivity contribution in [2.24, 2.45) is 7.05 Å². The van der Waals surface area contributed by atoms with Crippen molar-refractivity contribution < 1.29 is 17.6 Å². The summed E-state index contributed by atoms with van der Waals surface area (Å²) in [5.41, 5.74) is 5.85. The number of hydrogen-bond donors (Lipinski definition) is 2. The average molecular weight is 505 g/mol. The number of halogens is 1. The highest BCUT2D eigenvalue weighted by Gasteiger charge is 2.34. The van der Waals surface area contributed by atoms with E-state index in [-0.39, 0.29) is 19.0 Å². The van der Waals surface area contributed by atoms with Gasteiger partial charge in [-0.3, -0.25) is 4.68 Å². The summed E-state index contributed by atoms with van der Waals surface area (Å²) in [4.78, 5) is 15.0. The van der Waals surface area contributed by atoms with Gasteiger partial charge in [0.1, 0.15) is 6.17 Å². The van der Waals surface area contributed by atoms with Gasteiger partial charge in [0, 0.05) is 31.5 Å². The molecular weight excluding hydrogens is 471 g/mol. The molecule has 1 aliphatic heterocycles. The van der Waals surface area contributed by atoms with E-state index in [0.717, 1.165) is 59.6 Å². The minimum atomic E-state index is -4.28. The molecule has 2 atom stereocenters. The number of piperidine rings is 1. The van der Waals surface area contributed by atoms with Gasteiger partial charge in [0.05, 0.1) is 18.4 Å². The maximum absolute atomic E-state index is 14.1. The van der Waals surface area contributed by atoms with Crippen molar-refractivity contribution in [3.8, 4) is 0 Å². The standard InChI is InChI=1S/C24H33FN6O3S/c1-29-10-9-18(25)12-19(29)15-31(20-13-26-30(2)14-20)35(33,34)28-24(32)27-23-21-7-3-5-16(21)11-17-6-4-8-22(17)23/h11,13-14,18-19H,3-10,12,15H2,1-2H3,(H2,27,28,32). The molecule has 3 aliphatic rings. The van der Waals surface area contributed by atoms with Gasteiger partial charge in [-0.05, 0) is 80.7 Å². The fourth-order valence-corrected chi connectivity index (χ4v) is 6.82. The van der Waals surface area contributed by atoms with Crippen LogP contribution in [0.1, 0.15) is 47.9 Å². The molecule has 2 aromatic rings. The van der Waals surface area contributed by atoms with Crippen LogP contribution in [-0.2, 0) is 42.9 Å². The van der Waals surface area contributed by atoms with E-state index in [1.165, 1.54) is 22.0 Å². The zero-order valence-electron chi connectivity index (χ0n) is 20.3. The summed E-state index contributed by atoms with van der Waals surface area (Å²) in [5.74, 6) is 0. The van der Waals surface area contributed by atoms with Crippen LogP contribution in [0, 0.1) is 0 Å². The Morgan fingerprint density at radius 1 is 1.17 bits per heavy atom. The van der Waals surface area contributed by atoms with E-state index in [0.29, 0.717) is 18.7 Å². The van der Waals surface area contributed by atoms with Crippen LogP contribution in [0.2, 0.25) is 0 Å². The van der Waals surface area contributed by atoms with E-state index >= 15 is 0 Å². The van der Waals surface area contributed by atoms with Gasteiger partial charge in [-0.2, -0.15) is 13.5 Å². The van der Waals surface area contributed by atoms with E-state index in [1.807, 2.05) is 11.9 Å². The lowest BCUT2D eigenvalue weighted by Gasteiger charge is -2.37. The topological polar surface area (TPSA) is 99.6 Å². The molecule has 190 valence electrons. The van der Waals surface area contributed by atoms with Gasteiger partial charge in [0.25, 0.3) is 0 Å². The number of likely N-dealkylation sites (N-methyl/N-ethyl adjacent to an activating group) is 1. The molecule has 2 heterocycles. The van der Waals surface area contributed by atoms with Gasteiger partial charge in [-0.1, -0.05) is 6.07 Å². The molecule has 9 nitrogen and oxygen atoms in total. The first kappa shape index (κ1) is 24.1. The third kappa shape index (κ3) is 4.88. The number of benzene rings is 1. The summed E-state index contributed by atoms with van der Waals surface area (Å²) in [6, 6.07) is 1.15. The molecule has 35 heavy (non-hydrogen) atoms. The smallest absolute Gasteiger partial charge is 0.307 e. The first-order chi connectivity index (χ1) is 16.7. The number of likely N-dealkylation sites (tertiary alicyclic amines) is 1. The molecule has 2 aliphatic carbocycles. The third-order valence-electron chi connectivity index (χ3n) is 7.53. The molecule has 2 N–H and O–H groups in total. The number of fused-ring (bicyclic) bond motifs is 2. The first-order valence-corrected chi connectivity index (χ1v) is 13.8. The Morgan fingerprint density at radius 3 is 2.49 bits per heavy atom. The maximum atomic E-state index is 14.1. The average Bonchev–Trinajstić information content (AvgIpc) is 3.54. The molecule has 1 aromatic carbocycles. The lowest BCUT2D eigenvalue weighted by atomic mass is 9.99. The molecule has 11 heteroatoms. The van der Waals surface area contributed by atoms with E-state index in [4.69, 9.17) is 0 Å². The molecule has 1 aromatic heterocycles. The predicted molar refractivity (Wildman–Crippen MR) is 133 cm³/mol. The highest BCUT2D eigenvalue weighted by atomic mass is 32.2. The van der Waals surface area contributed by atoms with Crippen LogP contribution in [0.5, 0.6) is 0 Å². The zero-order chi connectivity index (χ0) is 24.7. The number of nitrogens with one attached hydrogen (secondary N) is 2. The summed E-state index contributed by atoms with van der Waals surface area (Å²) in [7, 11) is -0.729. The van der Waals surface area contributed by atoms with E-state index < -0.39 is 22.4 Å². The summed E-state index contributed by atoms with van der Waals surface area (Å²) >= 11 is 0. The number of rotatable bonds is 6. The van der Waals surface area contributed by atoms with Gasteiger partial charge >= 0.3 is 16.2 Å². The number of carbonyl (C=O) groups excluding carboxylic acids is 1. The number of aromatic nitrogens is 2. The second-order valence-corrected chi connectivity index (χ2v) is 11.5. The highest BCUT2D eigenvalue weighted by molar-refractivity contribution is 7.91. The molecular formula is C24H33FN6O3S. The molecule has 0 saturated carbocycles.